The van der Waals surface area contributed by atoms with Crippen molar-refractivity contribution in [3.8, 4) is 0 Å². The molecular formula is C14H17NO4. The zero-order chi connectivity index (χ0) is 13.8. The molecule has 0 saturated carbocycles. The third-order valence-corrected chi connectivity index (χ3v) is 3.14. The number of benzene rings is 1. The Morgan fingerprint density at radius 1 is 1.26 bits per heavy atom. The standard InChI is InChI=1S/C14H17NO4/c1-2-10-3-4-12-11(9-10)13(17)14(18)15(12)5-7-19-8-6-16/h3-4,9,16H,2,5-8H2,1H3. The molecule has 1 heterocycles. The Morgan fingerprint density at radius 3 is 2.74 bits per heavy atom. The largest absolute Gasteiger partial charge is 0.394 e. The van der Waals surface area contributed by atoms with Gasteiger partial charge in [-0.15, -0.1) is 0 Å². The monoisotopic (exact) mass is 263 g/mol. The lowest BCUT2D eigenvalue weighted by Crippen LogP contribution is -2.33. The highest BCUT2D eigenvalue weighted by Gasteiger charge is 2.35. The maximum atomic E-state index is 11.9. The van der Waals surface area contributed by atoms with Gasteiger partial charge >= 0.3 is 0 Å². The average Bonchev–Trinajstić information content (AvgIpc) is 2.67. The lowest BCUT2D eigenvalue weighted by atomic mass is 10.1. The molecule has 19 heavy (non-hydrogen) atoms. The maximum absolute atomic E-state index is 11.9. The van der Waals surface area contributed by atoms with E-state index >= 15 is 0 Å². The van der Waals surface area contributed by atoms with Crippen LogP contribution in [0.25, 0.3) is 0 Å². The number of ether oxygens (including phenoxy) is 1. The van der Waals surface area contributed by atoms with Crippen LogP contribution in [0, 0.1) is 0 Å². The highest BCUT2D eigenvalue weighted by Crippen LogP contribution is 2.29. The van der Waals surface area contributed by atoms with Gasteiger partial charge in [0.05, 0.1) is 31.1 Å². The fraction of sp³-hybridized carbons (Fsp3) is 0.429. The molecule has 1 aromatic rings. The number of aliphatic hydroxyl groups is 1. The molecule has 0 unspecified atom stereocenters. The van der Waals surface area contributed by atoms with Gasteiger partial charge in [-0.25, -0.2) is 0 Å². The topological polar surface area (TPSA) is 66.8 Å². The SMILES string of the molecule is CCc1ccc2c(c1)C(=O)C(=O)N2CCOCCO. The van der Waals surface area contributed by atoms with Gasteiger partial charge in [-0.05, 0) is 24.1 Å². The van der Waals surface area contributed by atoms with E-state index in [-0.39, 0.29) is 13.2 Å². The Balaban J connectivity index is 2.15. The first kappa shape index (κ1) is 13.7. The summed E-state index contributed by atoms with van der Waals surface area (Å²) in [6.45, 7) is 2.81. The van der Waals surface area contributed by atoms with E-state index in [9.17, 15) is 9.59 Å². The number of carbonyl (C=O) groups excluding carboxylic acids is 2. The second-order valence-electron chi connectivity index (χ2n) is 4.33. The Bertz CT molecular complexity index is 498. The summed E-state index contributed by atoms with van der Waals surface area (Å²) in [6.07, 6.45) is 0.828. The molecule has 0 radical (unpaired) electrons. The molecule has 102 valence electrons. The first-order chi connectivity index (χ1) is 9.19. The zero-order valence-electron chi connectivity index (χ0n) is 10.9. The number of Topliss-reactive ketones (excluding diaryl/α,β-unsaturated/α-hetero) is 1. The summed E-state index contributed by atoms with van der Waals surface area (Å²) in [4.78, 5) is 25.2. The number of ketones is 1. The number of fused-ring (bicyclic) bond motifs is 1. The molecule has 2 rings (SSSR count). The number of hydrogen-bond acceptors (Lipinski definition) is 4. The van der Waals surface area contributed by atoms with Crippen LogP contribution in [-0.4, -0.2) is 43.2 Å². The van der Waals surface area contributed by atoms with Crippen LogP contribution >= 0.6 is 0 Å². The van der Waals surface area contributed by atoms with Crippen LogP contribution in [0.15, 0.2) is 18.2 Å². The van der Waals surface area contributed by atoms with E-state index in [1.54, 1.807) is 6.07 Å². The number of aliphatic hydroxyl groups excluding tert-OH is 1. The van der Waals surface area contributed by atoms with E-state index in [0.717, 1.165) is 12.0 Å². The average molecular weight is 263 g/mol. The summed E-state index contributed by atoms with van der Waals surface area (Å²) in [7, 11) is 0. The summed E-state index contributed by atoms with van der Waals surface area (Å²) in [6, 6.07) is 5.51. The van der Waals surface area contributed by atoms with Gasteiger partial charge in [0, 0.05) is 6.54 Å². The van der Waals surface area contributed by atoms with Crippen LogP contribution < -0.4 is 4.90 Å². The fourth-order valence-corrected chi connectivity index (χ4v) is 2.11. The van der Waals surface area contributed by atoms with E-state index in [4.69, 9.17) is 9.84 Å². The van der Waals surface area contributed by atoms with Gasteiger partial charge in [0.1, 0.15) is 0 Å². The van der Waals surface area contributed by atoms with Crippen molar-refractivity contribution in [2.24, 2.45) is 0 Å². The van der Waals surface area contributed by atoms with Gasteiger partial charge in [0.2, 0.25) is 0 Å². The van der Waals surface area contributed by atoms with E-state index in [2.05, 4.69) is 0 Å². The molecule has 0 aromatic heterocycles. The maximum Gasteiger partial charge on any atom is 0.299 e. The second-order valence-corrected chi connectivity index (χ2v) is 4.33. The van der Waals surface area contributed by atoms with Gasteiger partial charge in [-0.3, -0.25) is 9.59 Å². The molecule has 1 aromatic carbocycles. The van der Waals surface area contributed by atoms with Crippen LogP contribution in [0.1, 0.15) is 22.8 Å². The van der Waals surface area contributed by atoms with E-state index in [1.165, 1.54) is 4.90 Å². The van der Waals surface area contributed by atoms with Crippen molar-refractivity contribution in [3.63, 3.8) is 0 Å². The number of anilines is 1. The molecule has 0 bridgehead atoms. The number of aryl methyl sites for hydroxylation is 1. The minimum absolute atomic E-state index is 0.0523. The van der Waals surface area contributed by atoms with Crippen molar-refractivity contribution >= 4 is 17.4 Å². The Morgan fingerprint density at radius 2 is 2.05 bits per heavy atom. The van der Waals surface area contributed by atoms with E-state index in [0.29, 0.717) is 24.4 Å². The number of rotatable bonds is 6. The molecule has 0 spiro atoms. The number of nitrogens with zero attached hydrogens (tertiary/aromatic N) is 1. The molecule has 5 heteroatoms. The van der Waals surface area contributed by atoms with Crippen LogP contribution in [-0.2, 0) is 16.0 Å². The minimum Gasteiger partial charge on any atom is -0.394 e. The van der Waals surface area contributed by atoms with Gasteiger partial charge < -0.3 is 14.7 Å². The molecule has 1 amide bonds. The van der Waals surface area contributed by atoms with Gasteiger partial charge in [0.25, 0.3) is 11.7 Å². The summed E-state index contributed by atoms with van der Waals surface area (Å²) in [5.41, 5.74) is 2.17. The Labute approximate surface area is 111 Å². The van der Waals surface area contributed by atoms with Crippen LogP contribution in [0.5, 0.6) is 0 Å². The fourth-order valence-electron chi connectivity index (χ4n) is 2.11. The highest BCUT2D eigenvalue weighted by atomic mass is 16.5. The molecule has 1 N–H and O–H groups in total. The van der Waals surface area contributed by atoms with E-state index in [1.807, 2.05) is 19.1 Å². The quantitative estimate of drug-likeness (QED) is 0.608. The number of amides is 1. The number of hydrogen-bond donors (Lipinski definition) is 1. The summed E-state index contributed by atoms with van der Waals surface area (Å²) in [5, 5.41) is 8.61. The second kappa shape index (κ2) is 5.95. The molecule has 0 atom stereocenters. The Hall–Kier alpha value is -1.72. The van der Waals surface area contributed by atoms with Crippen LogP contribution in [0.2, 0.25) is 0 Å². The van der Waals surface area contributed by atoms with E-state index < -0.39 is 11.7 Å². The molecule has 1 aliphatic heterocycles. The van der Waals surface area contributed by atoms with Crippen molar-refractivity contribution in [3.05, 3.63) is 29.3 Å². The predicted molar refractivity (Wildman–Crippen MR) is 70.4 cm³/mol. The summed E-state index contributed by atoms with van der Waals surface area (Å²) < 4.78 is 5.13. The van der Waals surface area contributed by atoms with Gasteiger partial charge in [-0.2, -0.15) is 0 Å². The van der Waals surface area contributed by atoms with Gasteiger partial charge in [-0.1, -0.05) is 13.0 Å². The number of carbonyl (C=O) groups is 2. The third-order valence-electron chi connectivity index (χ3n) is 3.14. The van der Waals surface area contributed by atoms with Crippen molar-refractivity contribution in [2.45, 2.75) is 13.3 Å². The molecule has 0 saturated heterocycles. The predicted octanol–water partition coefficient (Wildman–Crippen LogP) is 0.787. The van der Waals surface area contributed by atoms with Crippen LogP contribution in [0.3, 0.4) is 0 Å². The molecule has 0 aliphatic carbocycles. The first-order valence-corrected chi connectivity index (χ1v) is 6.36. The van der Waals surface area contributed by atoms with Crippen LogP contribution in [0.4, 0.5) is 5.69 Å². The van der Waals surface area contributed by atoms with Gasteiger partial charge in [0.15, 0.2) is 0 Å². The normalized spacial score (nSPS) is 14.1. The smallest absolute Gasteiger partial charge is 0.299 e. The Kier molecular flexibility index (Phi) is 4.29. The van der Waals surface area contributed by atoms with Crippen molar-refractivity contribution in [1.29, 1.82) is 0 Å². The highest BCUT2D eigenvalue weighted by molar-refractivity contribution is 6.52. The zero-order valence-corrected chi connectivity index (χ0v) is 10.9. The van der Waals surface area contributed by atoms with Crippen molar-refractivity contribution in [1.82, 2.24) is 0 Å². The molecule has 1 aliphatic rings. The molecular weight excluding hydrogens is 246 g/mol. The lowest BCUT2D eigenvalue weighted by Gasteiger charge is -2.16. The van der Waals surface area contributed by atoms with Crippen molar-refractivity contribution < 1.29 is 19.4 Å². The minimum atomic E-state index is -0.504. The summed E-state index contributed by atoms with van der Waals surface area (Å²) >= 11 is 0. The molecule has 0 fully saturated rings. The third kappa shape index (κ3) is 2.67. The molecule has 5 nitrogen and oxygen atoms in total. The van der Waals surface area contributed by atoms with Crippen molar-refractivity contribution in [2.75, 3.05) is 31.3 Å². The summed E-state index contributed by atoms with van der Waals surface area (Å²) in [5.74, 6) is -0.955. The first-order valence-electron chi connectivity index (χ1n) is 6.36. The lowest BCUT2D eigenvalue weighted by molar-refractivity contribution is -0.114.